The van der Waals surface area contributed by atoms with E-state index in [4.69, 9.17) is 0 Å². The normalized spacial score (nSPS) is 12.4. The molecule has 1 unspecified atom stereocenters. The molecule has 0 saturated carbocycles. The molecule has 2 aromatic rings. The molecule has 0 fully saturated rings. The summed E-state index contributed by atoms with van der Waals surface area (Å²) in [6.07, 6.45) is -0.453. The molecule has 0 saturated heterocycles. The lowest BCUT2D eigenvalue weighted by atomic mass is 10.1. The van der Waals surface area contributed by atoms with Gasteiger partial charge in [0.25, 0.3) is 0 Å². The van der Waals surface area contributed by atoms with Gasteiger partial charge in [0.1, 0.15) is 0 Å². The molecule has 0 heterocycles. The van der Waals surface area contributed by atoms with Crippen molar-refractivity contribution in [1.29, 1.82) is 0 Å². The highest BCUT2D eigenvalue weighted by atomic mass is 79.9. The van der Waals surface area contributed by atoms with Crippen molar-refractivity contribution in [3.05, 3.63) is 57.0 Å². The Hall–Kier alpha value is -0.290. The van der Waals surface area contributed by atoms with Crippen LogP contribution < -0.4 is 0 Å². The zero-order valence-electron chi connectivity index (χ0n) is 9.73. The summed E-state index contributed by atoms with van der Waals surface area (Å²) < 4.78 is 2.03. The first kappa shape index (κ1) is 14.1. The van der Waals surface area contributed by atoms with Crippen molar-refractivity contribution in [1.82, 2.24) is 0 Å². The van der Waals surface area contributed by atoms with E-state index < -0.39 is 6.10 Å². The fourth-order valence-corrected chi connectivity index (χ4v) is 3.53. The van der Waals surface area contributed by atoms with Gasteiger partial charge in [0.2, 0.25) is 0 Å². The van der Waals surface area contributed by atoms with Gasteiger partial charge in [0.15, 0.2) is 0 Å². The third-order valence-corrected chi connectivity index (χ3v) is 4.68. The zero-order chi connectivity index (χ0) is 13.1. The van der Waals surface area contributed by atoms with E-state index in [0.29, 0.717) is 0 Å². The third-order valence-electron chi connectivity index (χ3n) is 2.47. The van der Waals surface area contributed by atoms with Crippen LogP contribution in [-0.4, -0.2) is 5.11 Å². The first-order chi connectivity index (χ1) is 8.56. The molecule has 0 amide bonds. The van der Waals surface area contributed by atoms with Gasteiger partial charge < -0.3 is 5.11 Å². The van der Waals surface area contributed by atoms with Gasteiger partial charge in [0.05, 0.1) is 6.10 Å². The van der Waals surface area contributed by atoms with Gasteiger partial charge in [-0.2, -0.15) is 0 Å². The molecule has 0 aliphatic rings. The lowest BCUT2D eigenvalue weighted by molar-refractivity contribution is 0.198. The Morgan fingerprint density at radius 2 is 1.61 bits per heavy atom. The minimum Gasteiger partial charge on any atom is -0.389 e. The maximum atomic E-state index is 9.57. The Morgan fingerprint density at radius 3 is 2.17 bits per heavy atom. The highest BCUT2D eigenvalue weighted by Crippen LogP contribution is 2.33. The average Bonchev–Trinajstić information content (AvgIpc) is 2.32. The fraction of sp³-hybridized carbons (Fsp3) is 0.143. The van der Waals surface area contributed by atoms with Crippen molar-refractivity contribution in [2.45, 2.75) is 22.8 Å². The van der Waals surface area contributed by atoms with E-state index >= 15 is 0 Å². The van der Waals surface area contributed by atoms with Crippen LogP contribution in [0.2, 0.25) is 0 Å². The molecule has 0 aliphatic heterocycles. The zero-order valence-corrected chi connectivity index (χ0v) is 13.7. The van der Waals surface area contributed by atoms with Crippen LogP contribution in [0.1, 0.15) is 18.6 Å². The molecule has 0 radical (unpaired) electrons. The Kier molecular flexibility index (Phi) is 4.90. The summed E-state index contributed by atoms with van der Waals surface area (Å²) >= 11 is 8.61. The van der Waals surface area contributed by atoms with Crippen molar-refractivity contribution >= 4 is 43.6 Å². The van der Waals surface area contributed by atoms with Crippen LogP contribution in [-0.2, 0) is 0 Å². The number of aliphatic hydroxyl groups excluding tert-OH is 1. The number of hydrogen-bond donors (Lipinski definition) is 1. The van der Waals surface area contributed by atoms with Crippen molar-refractivity contribution < 1.29 is 5.11 Å². The molecule has 94 valence electrons. The van der Waals surface area contributed by atoms with Crippen molar-refractivity contribution in [3.63, 3.8) is 0 Å². The predicted molar refractivity (Wildman–Crippen MR) is 83.0 cm³/mol. The summed E-state index contributed by atoms with van der Waals surface area (Å²) in [4.78, 5) is 2.34. The lowest BCUT2D eigenvalue weighted by Crippen LogP contribution is -1.92. The second kappa shape index (κ2) is 6.24. The van der Waals surface area contributed by atoms with Gasteiger partial charge in [-0.15, -0.1) is 0 Å². The highest BCUT2D eigenvalue weighted by Gasteiger charge is 2.07. The summed E-state index contributed by atoms with van der Waals surface area (Å²) in [6.45, 7) is 1.77. The van der Waals surface area contributed by atoms with E-state index in [0.717, 1.165) is 19.4 Å². The monoisotopic (exact) mass is 386 g/mol. The first-order valence-corrected chi connectivity index (χ1v) is 7.87. The molecule has 0 bridgehead atoms. The number of halogens is 2. The van der Waals surface area contributed by atoms with Crippen molar-refractivity contribution in [2.24, 2.45) is 0 Å². The molecular formula is C14H12Br2OS. The van der Waals surface area contributed by atoms with Crippen molar-refractivity contribution in [2.75, 3.05) is 0 Å². The number of aliphatic hydroxyl groups is 1. The van der Waals surface area contributed by atoms with E-state index in [-0.39, 0.29) is 0 Å². The Balaban J connectivity index is 2.20. The van der Waals surface area contributed by atoms with Crippen LogP contribution in [0.3, 0.4) is 0 Å². The second-order valence-corrected chi connectivity index (χ2v) is 6.83. The summed E-state index contributed by atoms with van der Waals surface area (Å²) in [5.74, 6) is 0. The van der Waals surface area contributed by atoms with Gasteiger partial charge in [-0.05, 0) is 48.9 Å². The van der Waals surface area contributed by atoms with Crippen LogP contribution in [0.25, 0.3) is 0 Å². The average molecular weight is 388 g/mol. The van der Waals surface area contributed by atoms with E-state index in [9.17, 15) is 5.11 Å². The smallest absolute Gasteiger partial charge is 0.0772 e. The van der Waals surface area contributed by atoms with Gasteiger partial charge in [-0.3, -0.25) is 0 Å². The van der Waals surface area contributed by atoms with E-state index in [1.807, 2.05) is 30.3 Å². The fourth-order valence-electron chi connectivity index (χ4n) is 1.55. The number of benzene rings is 2. The first-order valence-electron chi connectivity index (χ1n) is 5.47. The summed E-state index contributed by atoms with van der Waals surface area (Å²) in [7, 11) is 0. The predicted octanol–water partition coefficient (Wildman–Crippen LogP) is 5.42. The summed E-state index contributed by atoms with van der Waals surface area (Å²) in [5.41, 5.74) is 0.912. The van der Waals surface area contributed by atoms with E-state index in [2.05, 4.69) is 44.0 Å². The van der Waals surface area contributed by atoms with E-state index in [1.54, 1.807) is 18.7 Å². The van der Waals surface area contributed by atoms with E-state index in [1.165, 1.54) is 4.90 Å². The minimum atomic E-state index is -0.453. The van der Waals surface area contributed by atoms with Crippen LogP contribution in [0.5, 0.6) is 0 Å². The summed E-state index contributed by atoms with van der Waals surface area (Å²) in [5, 5.41) is 9.57. The molecule has 0 aliphatic carbocycles. The molecule has 1 N–H and O–H groups in total. The molecule has 18 heavy (non-hydrogen) atoms. The van der Waals surface area contributed by atoms with Crippen LogP contribution in [0.15, 0.2) is 61.2 Å². The molecule has 0 spiro atoms. The SMILES string of the molecule is CC(O)c1ccc(Sc2ccc(Br)cc2)cc1Br. The van der Waals surface area contributed by atoms with Crippen LogP contribution >= 0.6 is 43.6 Å². The lowest BCUT2D eigenvalue weighted by Gasteiger charge is -2.09. The maximum absolute atomic E-state index is 9.57. The largest absolute Gasteiger partial charge is 0.389 e. The minimum absolute atomic E-state index is 0.453. The highest BCUT2D eigenvalue weighted by molar-refractivity contribution is 9.10. The molecule has 4 heteroatoms. The molecular weight excluding hydrogens is 376 g/mol. The quantitative estimate of drug-likeness (QED) is 0.758. The Morgan fingerprint density at radius 1 is 1.00 bits per heavy atom. The molecule has 2 rings (SSSR count). The Bertz CT molecular complexity index is 538. The van der Waals surface area contributed by atoms with Gasteiger partial charge >= 0.3 is 0 Å². The number of rotatable bonds is 3. The standard InChI is InChI=1S/C14H12Br2OS/c1-9(17)13-7-6-12(8-14(13)16)18-11-4-2-10(15)3-5-11/h2-9,17H,1H3. The van der Waals surface area contributed by atoms with Gasteiger partial charge in [-0.25, -0.2) is 0 Å². The third kappa shape index (κ3) is 3.60. The van der Waals surface area contributed by atoms with Crippen LogP contribution in [0, 0.1) is 0 Å². The molecule has 0 aromatic heterocycles. The van der Waals surface area contributed by atoms with Gasteiger partial charge in [-0.1, -0.05) is 49.7 Å². The second-order valence-electron chi connectivity index (χ2n) is 3.92. The summed E-state index contributed by atoms with van der Waals surface area (Å²) in [6, 6.07) is 14.2. The number of hydrogen-bond acceptors (Lipinski definition) is 2. The molecule has 1 atom stereocenters. The van der Waals surface area contributed by atoms with Crippen molar-refractivity contribution in [3.8, 4) is 0 Å². The topological polar surface area (TPSA) is 20.2 Å². The molecule has 1 nitrogen and oxygen atoms in total. The van der Waals surface area contributed by atoms with Gasteiger partial charge in [0, 0.05) is 18.7 Å². The maximum Gasteiger partial charge on any atom is 0.0772 e. The Labute approximate surface area is 128 Å². The van der Waals surface area contributed by atoms with Crippen LogP contribution in [0.4, 0.5) is 0 Å². The molecule has 2 aromatic carbocycles.